The summed E-state index contributed by atoms with van der Waals surface area (Å²) in [5.74, 6) is -0.286. The van der Waals surface area contributed by atoms with Crippen LogP contribution in [0.4, 0.5) is 0 Å². The fourth-order valence-corrected chi connectivity index (χ4v) is 3.27. The summed E-state index contributed by atoms with van der Waals surface area (Å²) in [7, 11) is 3.03. The van der Waals surface area contributed by atoms with Crippen LogP contribution in [0.3, 0.4) is 0 Å². The predicted octanol–water partition coefficient (Wildman–Crippen LogP) is 3.09. The maximum atomic E-state index is 12.9. The van der Waals surface area contributed by atoms with E-state index in [-0.39, 0.29) is 12.3 Å². The molecule has 0 radical (unpaired) electrons. The Morgan fingerprint density at radius 2 is 1.89 bits per heavy atom. The number of carboxylic acid groups (broad SMARTS) is 1. The van der Waals surface area contributed by atoms with Gasteiger partial charge in [0.25, 0.3) is 5.91 Å². The number of nitrogens with one attached hydrogen (secondary N) is 1. The molecule has 1 aromatic carbocycles. The molecule has 2 aromatic rings. The fraction of sp³-hybridized carbons (Fsp3) is 0.400. The van der Waals surface area contributed by atoms with Crippen molar-refractivity contribution in [2.75, 3.05) is 14.2 Å². The van der Waals surface area contributed by atoms with Gasteiger partial charge >= 0.3 is 5.97 Å². The second kappa shape index (κ2) is 8.62. The lowest BCUT2D eigenvalue weighted by molar-refractivity contribution is -0.137. The van der Waals surface area contributed by atoms with Gasteiger partial charge in [0.2, 0.25) is 0 Å². The summed E-state index contributed by atoms with van der Waals surface area (Å²) >= 11 is 0. The molecule has 0 saturated carbocycles. The summed E-state index contributed by atoms with van der Waals surface area (Å²) in [6, 6.07) is 6.17. The molecule has 146 valence electrons. The number of benzene rings is 1. The highest BCUT2D eigenvalue weighted by molar-refractivity contribution is 5.96. The quantitative estimate of drug-likeness (QED) is 0.741. The first-order valence-corrected chi connectivity index (χ1v) is 8.73. The number of nitrogens with zero attached hydrogens (tertiary/aromatic N) is 1. The van der Waals surface area contributed by atoms with Crippen LogP contribution in [0.1, 0.15) is 46.7 Å². The number of rotatable bonds is 8. The summed E-state index contributed by atoms with van der Waals surface area (Å²) < 4.78 is 12.6. The Hall–Kier alpha value is -2.96. The molecule has 2 N–H and O–H groups in total. The molecule has 7 nitrogen and oxygen atoms in total. The summed E-state index contributed by atoms with van der Waals surface area (Å²) in [5.41, 5.74) is 2.95. The van der Waals surface area contributed by atoms with Gasteiger partial charge in [-0.05, 0) is 39.0 Å². The van der Waals surface area contributed by atoms with Crippen molar-refractivity contribution < 1.29 is 24.2 Å². The second-order valence-corrected chi connectivity index (χ2v) is 6.26. The average molecular weight is 374 g/mol. The molecule has 0 saturated heterocycles. The topological polar surface area (TPSA) is 89.8 Å². The number of hydrogen-bond acceptors (Lipinski definition) is 4. The summed E-state index contributed by atoms with van der Waals surface area (Å²) in [6.07, 6.45) is -0.263. The number of carboxylic acids is 1. The Bertz CT molecular complexity index is 841. The van der Waals surface area contributed by atoms with Gasteiger partial charge in [0.15, 0.2) is 0 Å². The lowest BCUT2D eigenvalue weighted by atomic mass is 10.0. The van der Waals surface area contributed by atoms with E-state index in [9.17, 15) is 14.7 Å². The summed E-state index contributed by atoms with van der Waals surface area (Å²) in [5, 5.41) is 12.2. The molecule has 1 unspecified atom stereocenters. The Balaban J connectivity index is 2.38. The van der Waals surface area contributed by atoms with Gasteiger partial charge in [-0.3, -0.25) is 9.59 Å². The van der Waals surface area contributed by atoms with Crippen molar-refractivity contribution in [2.24, 2.45) is 0 Å². The molecule has 0 aliphatic heterocycles. The molecule has 0 spiro atoms. The van der Waals surface area contributed by atoms with Gasteiger partial charge in [-0.2, -0.15) is 0 Å². The lowest BCUT2D eigenvalue weighted by Gasteiger charge is -2.20. The highest BCUT2D eigenvalue weighted by atomic mass is 16.5. The molecule has 0 aliphatic carbocycles. The van der Waals surface area contributed by atoms with Crippen LogP contribution in [0.15, 0.2) is 24.3 Å². The number of amides is 1. The second-order valence-electron chi connectivity index (χ2n) is 6.26. The van der Waals surface area contributed by atoms with Gasteiger partial charge in [0.1, 0.15) is 11.5 Å². The number of aliphatic carboxylic acids is 1. The number of hydrogen-bond donors (Lipinski definition) is 2. The Morgan fingerprint density at radius 1 is 1.19 bits per heavy atom. The van der Waals surface area contributed by atoms with Crippen LogP contribution < -0.4 is 14.8 Å². The summed E-state index contributed by atoms with van der Waals surface area (Å²) in [6.45, 7) is 6.59. The Morgan fingerprint density at radius 3 is 2.41 bits per heavy atom. The number of ether oxygens (including phenoxy) is 2. The van der Waals surface area contributed by atoms with Crippen LogP contribution in [0.5, 0.6) is 11.5 Å². The van der Waals surface area contributed by atoms with Crippen molar-refractivity contribution in [2.45, 2.75) is 39.8 Å². The normalized spacial score (nSPS) is 11.7. The first-order chi connectivity index (χ1) is 12.8. The van der Waals surface area contributed by atoms with Gasteiger partial charge in [-0.1, -0.05) is 0 Å². The molecular formula is C20H26N2O5. The van der Waals surface area contributed by atoms with E-state index < -0.39 is 12.0 Å². The van der Waals surface area contributed by atoms with Crippen molar-refractivity contribution in [3.05, 3.63) is 46.8 Å². The third-order valence-electron chi connectivity index (χ3n) is 4.63. The van der Waals surface area contributed by atoms with Crippen LogP contribution >= 0.6 is 0 Å². The molecule has 0 bridgehead atoms. The minimum absolute atomic E-state index is 0.263. The highest BCUT2D eigenvalue weighted by Crippen LogP contribution is 2.31. The zero-order chi connectivity index (χ0) is 20.1. The molecule has 0 aliphatic rings. The van der Waals surface area contributed by atoms with E-state index in [4.69, 9.17) is 9.47 Å². The minimum atomic E-state index is -1.02. The van der Waals surface area contributed by atoms with Crippen LogP contribution in [-0.4, -0.2) is 35.8 Å². The van der Waals surface area contributed by atoms with E-state index in [1.54, 1.807) is 18.2 Å². The van der Waals surface area contributed by atoms with Crippen LogP contribution in [0.2, 0.25) is 0 Å². The van der Waals surface area contributed by atoms with Gasteiger partial charge in [0, 0.05) is 29.6 Å². The van der Waals surface area contributed by atoms with E-state index in [1.165, 1.54) is 14.2 Å². The van der Waals surface area contributed by atoms with Crippen LogP contribution in [0, 0.1) is 13.8 Å². The molecule has 27 heavy (non-hydrogen) atoms. The molecule has 1 heterocycles. The van der Waals surface area contributed by atoms with Crippen molar-refractivity contribution in [1.82, 2.24) is 9.88 Å². The SMILES string of the molecule is CCn1c(C)cc(C(=O)NC(CC(=O)O)c2ccc(OC)cc2OC)c1C. The first-order valence-electron chi connectivity index (χ1n) is 8.73. The highest BCUT2D eigenvalue weighted by Gasteiger charge is 2.24. The van der Waals surface area contributed by atoms with Crippen LogP contribution in [0.25, 0.3) is 0 Å². The zero-order valence-corrected chi connectivity index (χ0v) is 16.3. The van der Waals surface area contributed by atoms with Crippen molar-refractivity contribution in [3.63, 3.8) is 0 Å². The molecule has 2 rings (SSSR count). The smallest absolute Gasteiger partial charge is 0.305 e. The Labute approximate surface area is 158 Å². The average Bonchev–Trinajstić information content (AvgIpc) is 2.93. The molecule has 7 heteroatoms. The number of carbonyl (C=O) groups excluding carboxylic acids is 1. The van der Waals surface area contributed by atoms with Crippen molar-refractivity contribution >= 4 is 11.9 Å². The fourth-order valence-electron chi connectivity index (χ4n) is 3.27. The maximum Gasteiger partial charge on any atom is 0.305 e. The lowest BCUT2D eigenvalue weighted by Crippen LogP contribution is -2.30. The number of carbonyl (C=O) groups is 2. The molecule has 1 aromatic heterocycles. The van der Waals surface area contributed by atoms with Gasteiger partial charge in [0.05, 0.1) is 32.2 Å². The molecule has 0 fully saturated rings. The number of aryl methyl sites for hydroxylation is 1. The van der Waals surface area contributed by atoms with E-state index in [0.29, 0.717) is 22.6 Å². The van der Waals surface area contributed by atoms with Crippen LogP contribution in [-0.2, 0) is 11.3 Å². The third-order valence-corrected chi connectivity index (χ3v) is 4.63. The van der Waals surface area contributed by atoms with Crippen molar-refractivity contribution in [3.8, 4) is 11.5 Å². The molecule has 1 amide bonds. The summed E-state index contributed by atoms with van der Waals surface area (Å²) in [4.78, 5) is 24.2. The maximum absolute atomic E-state index is 12.9. The van der Waals surface area contributed by atoms with Gasteiger partial charge in [-0.15, -0.1) is 0 Å². The van der Waals surface area contributed by atoms with Crippen molar-refractivity contribution in [1.29, 1.82) is 0 Å². The molecular weight excluding hydrogens is 348 g/mol. The van der Waals surface area contributed by atoms with E-state index in [1.807, 2.05) is 31.4 Å². The third kappa shape index (κ3) is 4.42. The molecule has 1 atom stereocenters. The monoisotopic (exact) mass is 374 g/mol. The predicted molar refractivity (Wildman–Crippen MR) is 102 cm³/mol. The van der Waals surface area contributed by atoms with E-state index >= 15 is 0 Å². The zero-order valence-electron chi connectivity index (χ0n) is 16.3. The van der Waals surface area contributed by atoms with E-state index in [0.717, 1.165) is 17.9 Å². The number of aromatic nitrogens is 1. The number of methoxy groups -OCH3 is 2. The standard InChI is InChI=1S/C20H26N2O5/c1-6-22-12(2)9-16(13(22)3)20(25)21-17(11-19(23)24)15-8-7-14(26-4)10-18(15)27-5/h7-10,17H,6,11H2,1-5H3,(H,21,25)(H,23,24). The minimum Gasteiger partial charge on any atom is -0.497 e. The first kappa shape index (κ1) is 20.4. The largest absolute Gasteiger partial charge is 0.497 e. The van der Waals surface area contributed by atoms with Gasteiger partial charge in [-0.25, -0.2) is 0 Å². The Kier molecular flexibility index (Phi) is 6.50. The van der Waals surface area contributed by atoms with Gasteiger partial charge < -0.3 is 24.5 Å². The van der Waals surface area contributed by atoms with E-state index in [2.05, 4.69) is 5.32 Å².